The number of fused-ring (bicyclic) bond motifs is 1. The number of rotatable bonds is 2. The van der Waals surface area contributed by atoms with E-state index in [0.29, 0.717) is 11.7 Å². The van der Waals surface area contributed by atoms with Gasteiger partial charge in [-0.1, -0.05) is 0 Å². The lowest BCUT2D eigenvalue weighted by atomic mass is 9.96. The summed E-state index contributed by atoms with van der Waals surface area (Å²) in [6.45, 7) is 2.00. The van der Waals surface area contributed by atoms with Crippen LogP contribution in [-0.4, -0.2) is 37.9 Å². The molecule has 0 aliphatic carbocycles. The fourth-order valence-corrected chi connectivity index (χ4v) is 3.55. The number of hydrogen-bond donors (Lipinski definition) is 3. The quantitative estimate of drug-likeness (QED) is 0.647. The first-order valence-corrected chi connectivity index (χ1v) is 8.07. The number of nitrogens with zero attached hydrogens (tertiary/aromatic N) is 4. The second-order valence-electron chi connectivity index (χ2n) is 5.52. The van der Waals surface area contributed by atoms with Gasteiger partial charge in [0.25, 0.3) is 0 Å². The summed E-state index contributed by atoms with van der Waals surface area (Å²) in [5.41, 5.74) is 9.92. The fourth-order valence-electron chi connectivity index (χ4n) is 2.97. The van der Waals surface area contributed by atoms with Gasteiger partial charge in [-0.15, -0.1) is 0 Å². The molecule has 4 N–H and O–H groups in total. The van der Waals surface area contributed by atoms with Gasteiger partial charge >= 0.3 is 0 Å². The standard InChI is InChI=1S/C14H16BrN7/c15-11-12(8-2-1-3-17-4-8)21-14-10(9-5-18-19-6-9)7-20-22(14)13(11)16/h5-8,17H,1-4,16H2,(H,18,19)/t8-/m0/s1. The van der Waals surface area contributed by atoms with E-state index in [9.17, 15) is 0 Å². The molecule has 0 unspecified atom stereocenters. The molecule has 0 amide bonds. The van der Waals surface area contributed by atoms with Gasteiger partial charge in [0.15, 0.2) is 5.65 Å². The number of piperidine rings is 1. The Morgan fingerprint density at radius 3 is 3.00 bits per heavy atom. The minimum atomic E-state index is 0.363. The van der Waals surface area contributed by atoms with Crippen LogP contribution in [0.2, 0.25) is 0 Å². The summed E-state index contributed by atoms with van der Waals surface area (Å²) < 4.78 is 2.52. The number of nitrogens with one attached hydrogen (secondary N) is 2. The van der Waals surface area contributed by atoms with Gasteiger partial charge in [-0.05, 0) is 35.3 Å². The lowest BCUT2D eigenvalue weighted by Gasteiger charge is -2.23. The van der Waals surface area contributed by atoms with E-state index in [2.05, 4.69) is 36.5 Å². The Bertz CT molecular complexity index is 802. The molecule has 0 bridgehead atoms. The monoisotopic (exact) mass is 361 g/mol. The average Bonchev–Trinajstić information content (AvgIpc) is 3.20. The lowest BCUT2D eigenvalue weighted by Crippen LogP contribution is -2.29. The zero-order chi connectivity index (χ0) is 15.1. The van der Waals surface area contributed by atoms with Crippen molar-refractivity contribution in [3.05, 3.63) is 28.8 Å². The molecule has 1 saturated heterocycles. The molecule has 0 radical (unpaired) electrons. The minimum Gasteiger partial charge on any atom is -0.383 e. The smallest absolute Gasteiger partial charge is 0.165 e. The Hall–Kier alpha value is -1.93. The maximum absolute atomic E-state index is 6.26. The van der Waals surface area contributed by atoms with Crippen LogP contribution < -0.4 is 11.1 Å². The van der Waals surface area contributed by atoms with Crippen LogP contribution >= 0.6 is 15.9 Å². The van der Waals surface area contributed by atoms with Crippen molar-refractivity contribution in [2.45, 2.75) is 18.8 Å². The second-order valence-corrected chi connectivity index (χ2v) is 6.31. The molecule has 1 fully saturated rings. The topological polar surface area (TPSA) is 96.9 Å². The Morgan fingerprint density at radius 1 is 1.36 bits per heavy atom. The molecule has 1 atom stereocenters. The molecule has 0 spiro atoms. The van der Waals surface area contributed by atoms with Crippen LogP contribution in [0.5, 0.6) is 0 Å². The molecule has 0 saturated carbocycles. The zero-order valence-electron chi connectivity index (χ0n) is 11.9. The number of nitrogen functional groups attached to an aromatic ring is 1. The molecule has 0 aromatic carbocycles. The summed E-state index contributed by atoms with van der Waals surface area (Å²) in [6.07, 6.45) is 7.64. The van der Waals surface area contributed by atoms with Crippen molar-refractivity contribution in [2.24, 2.45) is 0 Å². The van der Waals surface area contributed by atoms with Gasteiger partial charge in [-0.3, -0.25) is 5.10 Å². The second kappa shape index (κ2) is 5.36. The first-order chi connectivity index (χ1) is 10.8. The summed E-state index contributed by atoms with van der Waals surface area (Å²) in [6, 6.07) is 0. The molecule has 114 valence electrons. The lowest BCUT2D eigenvalue weighted by molar-refractivity contribution is 0.453. The minimum absolute atomic E-state index is 0.363. The van der Waals surface area contributed by atoms with Crippen molar-refractivity contribution in [1.82, 2.24) is 30.1 Å². The van der Waals surface area contributed by atoms with Gasteiger partial charge in [0.2, 0.25) is 0 Å². The number of halogens is 1. The molecule has 1 aliphatic heterocycles. The molecule has 1 aliphatic rings. The fraction of sp³-hybridized carbons (Fsp3) is 0.357. The molecule has 7 nitrogen and oxygen atoms in total. The highest BCUT2D eigenvalue weighted by Crippen LogP contribution is 2.34. The molecule has 8 heteroatoms. The van der Waals surface area contributed by atoms with E-state index in [4.69, 9.17) is 10.7 Å². The van der Waals surface area contributed by atoms with Gasteiger partial charge in [-0.2, -0.15) is 14.7 Å². The van der Waals surface area contributed by atoms with E-state index < -0.39 is 0 Å². The van der Waals surface area contributed by atoms with Gasteiger partial charge in [-0.25, -0.2) is 4.98 Å². The Balaban J connectivity index is 1.90. The van der Waals surface area contributed by atoms with E-state index in [1.165, 1.54) is 0 Å². The zero-order valence-corrected chi connectivity index (χ0v) is 13.5. The number of aromatic nitrogens is 5. The molecule has 4 rings (SSSR count). The van der Waals surface area contributed by atoms with Crippen LogP contribution in [-0.2, 0) is 0 Å². The number of H-pyrrole nitrogens is 1. The van der Waals surface area contributed by atoms with Crippen LogP contribution in [0.3, 0.4) is 0 Å². The van der Waals surface area contributed by atoms with Gasteiger partial charge < -0.3 is 11.1 Å². The summed E-state index contributed by atoms with van der Waals surface area (Å²) >= 11 is 3.60. The summed E-state index contributed by atoms with van der Waals surface area (Å²) in [7, 11) is 0. The molecule has 3 aromatic heterocycles. The van der Waals surface area contributed by atoms with Crippen LogP contribution in [0.1, 0.15) is 24.5 Å². The predicted molar refractivity (Wildman–Crippen MR) is 87.5 cm³/mol. The van der Waals surface area contributed by atoms with Crippen LogP contribution in [0.25, 0.3) is 16.8 Å². The van der Waals surface area contributed by atoms with E-state index in [-0.39, 0.29) is 0 Å². The van der Waals surface area contributed by atoms with E-state index in [1.807, 2.05) is 6.20 Å². The maximum atomic E-state index is 6.26. The highest BCUT2D eigenvalue weighted by Gasteiger charge is 2.23. The number of anilines is 1. The van der Waals surface area contributed by atoms with Crippen molar-refractivity contribution in [3.63, 3.8) is 0 Å². The van der Waals surface area contributed by atoms with E-state index in [1.54, 1.807) is 16.9 Å². The Labute approximate surface area is 135 Å². The largest absolute Gasteiger partial charge is 0.383 e. The highest BCUT2D eigenvalue weighted by atomic mass is 79.9. The number of aromatic amines is 1. The van der Waals surface area contributed by atoms with E-state index >= 15 is 0 Å². The molecule has 22 heavy (non-hydrogen) atoms. The summed E-state index contributed by atoms with van der Waals surface area (Å²) in [5.74, 6) is 0.947. The first kappa shape index (κ1) is 13.7. The van der Waals surface area contributed by atoms with Crippen molar-refractivity contribution >= 4 is 27.4 Å². The normalized spacial score (nSPS) is 18.9. The van der Waals surface area contributed by atoms with Crippen molar-refractivity contribution in [2.75, 3.05) is 18.8 Å². The predicted octanol–water partition coefficient (Wildman–Crippen LogP) is 1.93. The summed E-state index contributed by atoms with van der Waals surface area (Å²) in [5, 5.41) is 14.6. The van der Waals surface area contributed by atoms with Crippen LogP contribution in [0, 0.1) is 0 Å². The third-order valence-electron chi connectivity index (χ3n) is 4.14. The first-order valence-electron chi connectivity index (χ1n) is 7.28. The molecular weight excluding hydrogens is 346 g/mol. The van der Waals surface area contributed by atoms with Crippen molar-refractivity contribution in [3.8, 4) is 11.1 Å². The molecule has 4 heterocycles. The molecule has 3 aromatic rings. The third kappa shape index (κ3) is 2.10. The van der Waals surface area contributed by atoms with Crippen molar-refractivity contribution < 1.29 is 0 Å². The highest BCUT2D eigenvalue weighted by molar-refractivity contribution is 9.10. The van der Waals surface area contributed by atoms with Gasteiger partial charge in [0.05, 0.1) is 22.6 Å². The maximum Gasteiger partial charge on any atom is 0.165 e. The van der Waals surface area contributed by atoms with Gasteiger partial charge in [0.1, 0.15) is 5.82 Å². The Kier molecular flexibility index (Phi) is 3.34. The van der Waals surface area contributed by atoms with Crippen molar-refractivity contribution in [1.29, 1.82) is 0 Å². The van der Waals surface area contributed by atoms with E-state index in [0.717, 1.165) is 52.9 Å². The third-order valence-corrected chi connectivity index (χ3v) is 4.95. The average molecular weight is 362 g/mol. The Morgan fingerprint density at radius 2 is 2.27 bits per heavy atom. The molecular formula is C14H16BrN7. The van der Waals surface area contributed by atoms with Crippen LogP contribution in [0.15, 0.2) is 23.1 Å². The summed E-state index contributed by atoms with van der Waals surface area (Å²) in [4.78, 5) is 4.87. The van der Waals surface area contributed by atoms with Crippen LogP contribution in [0.4, 0.5) is 5.82 Å². The number of nitrogens with two attached hydrogens (primary N) is 1. The van der Waals surface area contributed by atoms with Gasteiger partial charge in [0, 0.05) is 29.8 Å². The SMILES string of the molecule is Nc1c(Br)c([C@H]2CCCNC2)nc2c(-c3cn[nH]c3)cnn12. The number of hydrogen-bond acceptors (Lipinski definition) is 5.